The number of aliphatic hydroxyl groups is 1. The van der Waals surface area contributed by atoms with Gasteiger partial charge in [-0.3, -0.25) is 4.79 Å². The topological polar surface area (TPSA) is 127 Å². The minimum absolute atomic E-state index is 0.00125. The van der Waals surface area contributed by atoms with Crippen LogP contribution in [0.1, 0.15) is 0 Å². The van der Waals surface area contributed by atoms with E-state index >= 15 is 0 Å². The molecule has 1 amide bonds. The number of alkyl halides is 1. The molecule has 0 atom stereocenters. The van der Waals surface area contributed by atoms with E-state index in [1.165, 1.54) is 0 Å². The molecule has 0 saturated heterocycles. The van der Waals surface area contributed by atoms with Crippen LogP contribution in [0.3, 0.4) is 0 Å². The maximum Gasteiger partial charge on any atom is 0.466 e. The van der Waals surface area contributed by atoms with Crippen molar-refractivity contribution >= 4 is 29.7 Å². The van der Waals surface area contributed by atoms with Crippen molar-refractivity contribution in [3.8, 4) is 0 Å². The summed E-state index contributed by atoms with van der Waals surface area (Å²) in [6.07, 6.45) is 0. The number of halogens is 1. The Kier molecular flexibility index (Phi) is 10.3. The van der Waals surface area contributed by atoms with E-state index in [4.69, 9.17) is 24.4 Å². The summed E-state index contributed by atoms with van der Waals surface area (Å²) >= 11 is 2.95. The normalized spacial score (nSPS) is 9.92. The van der Waals surface area contributed by atoms with Crippen LogP contribution >= 0.6 is 23.8 Å². The molecule has 0 aliphatic rings. The molecule has 0 aromatic heterocycles. The molecule has 0 radical (unpaired) electrons. The van der Waals surface area contributed by atoms with Gasteiger partial charge in [0.1, 0.15) is 0 Å². The average molecular weight is 280 g/mol. The van der Waals surface area contributed by atoms with Crippen LogP contribution in [0.4, 0.5) is 0 Å². The minimum Gasteiger partial charge on any atom is -0.395 e. The van der Waals surface area contributed by atoms with Crippen molar-refractivity contribution in [3.05, 3.63) is 0 Å². The fraction of sp³-hybridized carbons (Fsp3) is 0.750. The number of amides is 1. The van der Waals surface area contributed by atoms with Crippen molar-refractivity contribution in [2.75, 3.05) is 18.5 Å². The number of aliphatic hydroxyl groups excluding tert-OH is 1. The fourth-order valence-corrected chi connectivity index (χ4v) is 0.441. The van der Waals surface area contributed by atoms with Crippen molar-refractivity contribution in [3.63, 3.8) is 0 Å². The van der Waals surface area contributed by atoms with E-state index in [9.17, 15) is 4.79 Å². The molecule has 5 N–H and O–H groups in total. The van der Waals surface area contributed by atoms with E-state index in [1.807, 2.05) is 0 Å². The lowest BCUT2D eigenvalue weighted by molar-refractivity contribution is -0.118. The molecule has 7 nitrogen and oxygen atoms in total. The van der Waals surface area contributed by atoms with Gasteiger partial charge in [-0.2, -0.15) is 0 Å². The molecule has 80 valence electrons. The summed E-state index contributed by atoms with van der Waals surface area (Å²) in [7, 11) is -4.64. The Hall–Kier alpha value is 0.0200. The first-order valence-electron chi connectivity index (χ1n) is 3.03. The third-order valence-corrected chi connectivity index (χ3v) is 1.06. The van der Waals surface area contributed by atoms with E-state index in [1.54, 1.807) is 0 Å². The zero-order valence-electron chi connectivity index (χ0n) is 6.55. The molecule has 0 aliphatic carbocycles. The Labute approximate surface area is 83.1 Å². The highest BCUT2D eigenvalue weighted by Crippen LogP contribution is 2.25. The standard InChI is InChI=1S/C4H8BrNO2.H3O4P/c5-3-4(8)6-1-2-7;1-5(2,3)4/h7H,1-3H2,(H,6,8);(H3,1,2,3,4). The first kappa shape index (κ1) is 15.5. The third kappa shape index (κ3) is 33.3. The van der Waals surface area contributed by atoms with Gasteiger partial charge in [0.25, 0.3) is 0 Å². The zero-order valence-corrected chi connectivity index (χ0v) is 9.03. The van der Waals surface area contributed by atoms with Crippen LogP contribution in [0.5, 0.6) is 0 Å². The number of nitrogens with one attached hydrogen (secondary N) is 1. The second-order valence-corrected chi connectivity index (χ2v) is 3.31. The molecule has 0 aromatic carbocycles. The molecule has 0 aromatic rings. The second-order valence-electron chi connectivity index (χ2n) is 1.72. The van der Waals surface area contributed by atoms with Crippen LogP contribution in [0.25, 0.3) is 0 Å². The smallest absolute Gasteiger partial charge is 0.395 e. The van der Waals surface area contributed by atoms with Crippen molar-refractivity contribution < 1.29 is 29.1 Å². The summed E-state index contributed by atoms with van der Waals surface area (Å²) in [5, 5.41) is 10.9. The predicted molar refractivity (Wildman–Crippen MR) is 48.2 cm³/mol. The highest BCUT2D eigenvalue weighted by molar-refractivity contribution is 9.09. The fourth-order valence-electron chi connectivity index (χ4n) is 0.243. The van der Waals surface area contributed by atoms with Crippen LogP contribution in [-0.4, -0.2) is 44.2 Å². The molecule has 0 unspecified atom stereocenters. The van der Waals surface area contributed by atoms with Crippen molar-refractivity contribution in [1.82, 2.24) is 5.32 Å². The quantitative estimate of drug-likeness (QED) is 0.318. The highest BCUT2D eigenvalue weighted by atomic mass is 79.9. The summed E-state index contributed by atoms with van der Waals surface area (Å²) in [6, 6.07) is 0. The Bertz CT molecular complexity index is 173. The van der Waals surface area contributed by atoms with Crippen LogP contribution in [0.15, 0.2) is 0 Å². The van der Waals surface area contributed by atoms with Gasteiger partial charge in [0.05, 0.1) is 11.9 Å². The molecule has 0 saturated carbocycles. The monoisotopic (exact) mass is 279 g/mol. The van der Waals surface area contributed by atoms with Crippen LogP contribution in [-0.2, 0) is 9.36 Å². The first-order chi connectivity index (χ1) is 5.81. The summed E-state index contributed by atoms with van der Waals surface area (Å²) < 4.78 is 8.88. The van der Waals surface area contributed by atoms with Gasteiger partial charge in [0.2, 0.25) is 5.91 Å². The Morgan fingerprint density at radius 3 is 2.00 bits per heavy atom. The molecule has 0 rings (SSSR count). The number of phosphoric acid groups is 1. The summed E-state index contributed by atoms with van der Waals surface area (Å²) in [6.45, 7) is 0.336. The number of hydrogen-bond acceptors (Lipinski definition) is 3. The lowest BCUT2D eigenvalue weighted by Gasteiger charge is -1.96. The largest absolute Gasteiger partial charge is 0.466 e. The van der Waals surface area contributed by atoms with Crippen LogP contribution in [0, 0.1) is 0 Å². The number of hydrogen-bond donors (Lipinski definition) is 5. The van der Waals surface area contributed by atoms with E-state index in [2.05, 4.69) is 21.2 Å². The molecule has 13 heavy (non-hydrogen) atoms. The van der Waals surface area contributed by atoms with Gasteiger partial charge in [0.15, 0.2) is 0 Å². The molecule has 0 spiro atoms. The molecule has 0 fully saturated rings. The zero-order chi connectivity index (χ0) is 10.9. The molecule has 0 bridgehead atoms. The second kappa shape index (κ2) is 8.61. The summed E-state index contributed by atoms with van der Waals surface area (Å²) in [4.78, 5) is 31.9. The summed E-state index contributed by atoms with van der Waals surface area (Å²) in [5.74, 6) is -0.0981. The predicted octanol–water partition coefficient (Wildman–Crippen LogP) is -1.44. The molecule has 0 heterocycles. The van der Waals surface area contributed by atoms with Gasteiger partial charge in [-0.05, 0) is 0 Å². The van der Waals surface area contributed by atoms with Crippen LogP contribution < -0.4 is 5.32 Å². The third-order valence-electron chi connectivity index (χ3n) is 0.555. The van der Waals surface area contributed by atoms with Crippen molar-refractivity contribution in [2.24, 2.45) is 0 Å². The molecular weight excluding hydrogens is 269 g/mol. The first-order valence-corrected chi connectivity index (χ1v) is 5.71. The summed E-state index contributed by atoms with van der Waals surface area (Å²) in [5.41, 5.74) is 0. The molecular formula is C4H11BrNO6P. The Balaban J connectivity index is 0. The maximum atomic E-state index is 10.3. The molecule has 9 heteroatoms. The van der Waals surface area contributed by atoms with Crippen molar-refractivity contribution in [1.29, 1.82) is 0 Å². The van der Waals surface area contributed by atoms with E-state index in [0.29, 0.717) is 11.9 Å². The van der Waals surface area contributed by atoms with Gasteiger partial charge in [-0.15, -0.1) is 0 Å². The van der Waals surface area contributed by atoms with E-state index < -0.39 is 7.82 Å². The highest BCUT2D eigenvalue weighted by Gasteiger charge is 2.00. The van der Waals surface area contributed by atoms with E-state index in [-0.39, 0.29) is 12.5 Å². The molecule has 0 aliphatic heterocycles. The average Bonchev–Trinajstić information content (AvgIpc) is 1.97. The maximum absolute atomic E-state index is 10.3. The van der Waals surface area contributed by atoms with Gasteiger partial charge < -0.3 is 25.1 Å². The minimum atomic E-state index is -4.64. The lowest BCUT2D eigenvalue weighted by Crippen LogP contribution is -2.26. The van der Waals surface area contributed by atoms with Crippen molar-refractivity contribution in [2.45, 2.75) is 0 Å². The number of carbonyl (C=O) groups is 1. The van der Waals surface area contributed by atoms with Gasteiger partial charge >= 0.3 is 7.82 Å². The number of rotatable bonds is 3. The van der Waals surface area contributed by atoms with Gasteiger partial charge in [-0.25, -0.2) is 4.57 Å². The Morgan fingerprint density at radius 2 is 1.77 bits per heavy atom. The van der Waals surface area contributed by atoms with Gasteiger partial charge in [0, 0.05) is 6.54 Å². The SMILES string of the molecule is O=C(CBr)NCCO.O=P(O)(O)O. The lowest BCUT2D eigenvalue weighted by atomic mass is 10.6. The van der Waals surface area contributed by atoms with Gasteiger partial charge in [-0.1, -0.05) is 15.9 Å². The number of carbonyl (C=O) groups excluding carboxylic acids is 1. The van der Waals surface area contributed by atoms with E-state index in [0.717, 1.165) is 0 Å². The van der Waals surface area contributed by atoms with Crippen LogP contribution in [0.2, 0.25) is 0 Å². The Morgan fingerprint density at radius 1 is 1.38 bits per heavy atom.